The quantitative estimate of drug-likeness (QED) is 0.713. The fourth-order valence-corrected chi connectivity index (χ4v) is 2.00. The number of nitrogens with zero attached hydrogens (tertiary/aromatic N) is 2. The number of pyridine rings is 1. The number of halogens is 1. The van der Waals surface area contributed by atoms with Gasteiger partial charge in [-0.05, 0) is 12.1 Å². The minimum absolute atomic E-state index is 0.462. The van der Waals surface area contributed by atoms with Crippen molar-refractivity contribution in [2.75, 3.05) is 0 Å². The van der Waals surface area contributed by atoms with Gasteiger partial charge < -0.3 is 0 Å². The molecule has 0 aliphatic heterocycles. The molecular weight excluding hydrogens is 204 g/mol. The summed E-state index contributed by atoms with van der Waals surface area (Å²) in [5.74, 6) is 0.462. The normalized spacial score (nSPS) is 10.2. The van der Waals surface area contributed by atoms with Crippen LogP contribution in [0.4, 0.5) is 0 Å². The average Bonchev–Trinajstić information content (AvgIpc) is 2.67. The summed E-state index contributed by atoms with van der Waals surface area (Å²) >= 11 is 7.22. The number of rotatable bonds is 2. The topological polar surface area (TPSA) is 25.8 Å². The molecule has 66 valence electrons. The first-order valence-corrected chi connectivity index (χ1v) is 5.23. The molecule has 0 amide bonds. The van der Waals surface area contributed by atoms with E-state index in [2.05, 4.69) is 9.97 Å². The van der Waals surface area contributed by atoms with Crippen LogP contribution in [0.5, 0.6) is 0 Å². The Labute approximate surface area is 85.2 Å². The Morgan fingerprint density at radius 2 is 2.31 bits per heavy atom. The van der Waals surface area contributed by atoms with Crippen LogP contribution in [0.15, 0.2) is 29.8 Å². The maximum absolute atomic E-state index is 5.65. The van der Waals surface area contributed by atoms with E-state index in [0.29, 0.717) is 5.88 Å². The summed E-state index contributed by atoms with van der Waals surface area (Å²) in [5, 5.41) is 2.88. The third-order valence-electron chi connectivity index (χ3n) is 1.57. The molecular formula is C9H7ClN2S. The van der Waals surface area contributed by atoms with E-state index in [9.17, 15) is 0 Å². The van der Waals surface area contributed by atoms with E-state index < -0.39 is 0 Å². The number of aromatic nitrogens is 2. The lowest BCUT2D eigenvalue weighted by Crippen LogP contribution is -1.81. The molecule has 13 heavy (non-hydrogen) atoms. The van der Waals surface area contributed by atoms with Crippen LogP contribution >= 0.6 is 22.9 Å². The Kier molecular flexibility index (Phi) is 2.57. The average molecular weight is 211 g/mol. The molecule has 4 heteroatoms. The van der Waals surface area contributed by atoms with Gasteiger partial charge in [0.2, 0.25) is 0 Å². The van der Waals surface area contributed by atoms with Gasteiger partial charge in [0, 0.05) is 11.6 Å². The molecule has 2 nitrogen and oxygen atoms in total. The van der Waals surface area contributed by atoms with E-state index in [1.807, 2.05) is 23.6 Å². The molecule has 0 fully saturated rings. The Bertz CT molecular complexity index is 386. The van der Waals surface area contributed by atoms with Crippen LogP contribution < -0.4 is 0 Å². The predicted molar refractivity (Wildman–Crippen MR) is 54.9 cm³/mol. The van der Waals surface area contributed by atoms with Gasteiger partial charge in [0.05, 0.1) is 17.3 Å². The smallest absolute Gasteiger partial charge is 0.142 e. The zero-order chi connectivity index (χ0) is 9.10. The van der Waals surface area contributed by atoms with Crippen molar-refractivity contribution in [1.82, 2.24) is 9.97 Å². The number of alkyl halides is 1. The predicted octanol–water partition coefficient (Wildman–Crippen LogP) is 2.94. The summed E-state index contributed by atoms with van der Waals surface area (Å²) in [4.78, 5) is 8.52. The summed E-state index contributed by atoms with van der Waals surface area (Å²) < 4.78 is 0. The monoisotopic (exact) mass is 210 g/mol. The highest BCUT2D eigenvalue weighted by atomic mass is 35.5. The lowest BCUT2D eigenvalue weighted by molar-refractivity contribution is 1.21. The zero-order valence-corrected chi connectivity index (χ0v) is 8.35. The third kappa shape index (κ3) is 1.87. The molecule has 0 aliphatic carbocycles. The van der Waals surface area contributed by atoms with Crippen molar-refractivity contribution in [3.63, 3.8) is 0 Å². The third-order valence-corrected chi connectivity index (χ3v) is 2.76. The van der Waals surface area contributed by atoms with E-state index in [1.165, 1.54) is 0 Å². The van der Waals surface area contributed by atoms with Crippen molar-refractivity contribution in [3.05, 3.63) is 35.5 Å². The summed E-state index contributed by atoms with van der Waals surface area (Å²) in [6.45, 7) is 0. The Morgan fingerprint density at radius 3 is 2.92 bits per heavy atom. The molecule has 0 aromatic carbocycles. The lowest BCUT2D eigenvalue weighted by atomic mass is 10.4. The standard InChI is InChI=1S/C9H7ClN2S/c10-5-7-6-13-9(12-7)8-3-1-2-4-11-8/h1-4,6H,5H2. The Morgan fingerprint density at radius 1 is 1.38 bits per heavy atom. The van der Waals surface area contributed by atoms with Crippen LogP contribution in [0.25, 0.3) is 10.7 Å². The van der Waals surface area contributed by atoms with Crippen LogP contribution in [0.3, 0.4) is 0 Å². The van der Waals surface area contributed by atoms with E-state index >= 15 is 0 Å². The number of thiazole rings is 1. The second kappa shape index (κ2) is 3.85. The van der Waals surface area contributed by atoms with Crippen LogP contribution in [-0.4, -0.2) is 9.97 Å². The molecule has 0 bridgehead atoms. The van der Waals surface area contributed by atoms with Crippen molar-refractivity contribution in [3.8, 4) is 10.7 Å². The van der Waals surface area contributed by atoms with Crippen LogP contribution in [-0.2, 0) is 5.88 Å². The Hall–Kier alpha value is -0.930. The van der Waals surface area contributed by atoms with E-state index in [1.54, 1.807) is 17.5 Å². The van der Waals surface area contributed by atoms with Crippen molar-refractivity contribution < 1.29 is 0 Å². The summed E-state index contributed by atoms with van der Waals surface area (Å²) in [6.07, 6.45) is 1.76. The first kappa shape index (κ1) is 8.66. The van der Waals surface area contributed by atoms with Crippen molar-refractivity contribution in [1.29, 1.82) is 0 Å². The van der Waals surface area contributed by atoms with Gasteiger partial charge in [-0.3, -0.25) is 4.98 Å². The first-order valence-electron chi connectivity index (χ1n) is 3.82. The first-order chi connectivity index (χ1) is 6.40. The van der Waals surface area contributed by atoms with Crippen LogP contribution in [0, 0.1) is 0 Å². The maximum Gasteiger partial charge on any atom is 0.142 e. The minimum atomic E-state index is 0.462. The summed E-state index contributed by atoms with van der Waals surface area (Å²) in [5.41, 5.74) is 1.82. The van der Waals surface area contributed by atoms with E-state index in [0.717, 1.165) is 16.4 Å². The molecule has 0 unspecified atom stereocenters. The minimum Gasteiger partial charge on any atom is -0.254 e. The highest BCUT2D eigenvalue weighted by Crippen LogP contribution is 2.21. The molecule has 0 atom stereocenters. The molecule has 0 spiro atoms. The summed E-state index contributed by atoms with van der Waals surface area (Å²) in [7, 11) is 0. The molecule has 0 saturated heterocycles. The van der Waals surface area contributed by atoms with Crippen molar-refractivity contribution in [2.45, 2.75) is 5.88 Å². The lowest BCUT2D eigenvalue weighted by Gasteiger charge is -1.91. The van der Waals surface area contributed by atoms with E-state index in [-0.39, 0.29) is 0 Å². The SMILES string of the molecule is ClCc1csc(-c2ccccn2)n1. The van der Waals surface area contributed by atoms with Gasteiger partial charge in [-0.15, -0.1) is 22.9 Å². The van der Waals surface area contributed by atoms with Crippen molar-refractivity contribution in [2.24, 2.45) is 0 Å². The van der Waals surface area contributed by atoms with Crippen LogP contribution in [0.2, 0.25) is 0 Å². The fourth-order valence-electron chi connectivity index (χ4n) is 0.975. The van der Waals surface area contributed by atoms with Gasteiger partial charge in [0.25, 0.3) is 0 Å². The largest absolute Gasteiger partial charge is 0.254 e. The van der Waals surface area contributed by atoms with Crippen LogP contribution in [0.1, 0.15) is 5.69 Å². The molecule has 0 N–H and O–H groups in total. The van der Waals surface area contributed by atoms with Gasteiger partial charge in [-0.25, -0.2) is 4.98 Å². The molecule has 2 rings (SSSR count). The van der Waals surface area contributed by atoms with Gasteiger partial charge in [-0.2, -0.15) is 0 Å². The Balaban J connectivity index is 2.36. The molecule has 2 aromatic rings. The second-order valence-electron chi connectivity index (χ2n) is 2.49. The van der Waals surface area contributed by atoms with Gasteiger partial charge in [0.15, 0.2) is 0 Å². The second-order valence-corrected chi connectivity index (χ2v) is 3.62. The number of hydrogen-bond donors (Lipinski definition) is 0. The van der Waals surface area contributed by atoms with Gasteiger partial charge >= 0.3 is 0 Å². The van der Waals surface area contributed by atoms with Gasteiger partial charge in [-0.1, -0.05) is 6.07 Å². The van der Waals surface area contributed by atoms with Gasteiger partial charge in [0.1, 0.15) is 5.01 Å². The van der Waals surface area contributed by atoms with E-state index in [4.69, 9.17) is 11.6 Å². The molecule has 2 heterocycles. The molecule has 0 aliphatic rings. The highest BCUT2D eigenvalue weighted by Gasteiger charge is 2.03. The molecule has 0 saturated carbocycles. The summed E-state index contributed by atoms with van der Waals surface area (Å²) in [6, 6.07) is 5.78. The zero-order valence-electron chi connectivity index (χ0n) is 6.77. The maximum atomic E-state index is 5.65. The number of hydrogen-bond acceptors (Lipinski definition) is 3. The molecule has 0 radical (unpaired) electrons. The highest BCUT2D eigenvalue weighted by molar-refractivity contribution is 7.13. The fraction of sp³-hybridized carbons (Fsp3) is 0.111. The van der Waals surface area contributed by atoms with Crippen molar-refractivity contribution >= 4 is 22.9 Å². The molecule has 2 aromatic heterocycles.